The number of benzene rings is 1. The van der Waals surface area contributed by atoms with Crippen LogP contribution in [0.15, 0.2) is 18.2 Å². The summed E-state index contributed by atoms with van der Waals surface area (Å²) < 4.78 is 17.4. The minimum atomic E-state index is -0.0918. The van der Waals surface area contributed by atoms with Crippen molar-refractivity contribution in [2.24, 2.45) is 5.92 Å². The van der Waals surface area contributed by atoms with Gasteiger partial charge in [0.15, 0.2) is 0 Å². The lowest BCUT2D eigenvalue weighted by Crippen LogP contribution is -2.24. The highest BCUT2D eigenvalue weighted by Gasteiger charge is 2.30. The van der Waals surface area contributed by atoms with Crippen LogP contribution in [0.5, 0.6) is 11.5 Å². The molecule has 0 fully saturated rings. The van der Waals surface area contributed by atoms with Crippen LogP contribution >= 0.6 is 0 Å². The van der Waals surface area contributed by atoms with Gasteiger partial charge in [0.05, 0.1) is 12.2 Å². The Kier molecular flexibility index (Phi) is 6.19. The Morgan fingerprint density at radius 3 is 2.71 bits per heavy atom. The number of methoxy groups -OCH3 is 1. The number of rotatable bonds is 9. The highest BCUT2D eigenvalue weighted by Crippen LogP contribution is 2.37. The number of hydrogen-bond donors (Lipinski definition) is 0. The maximum Gasteiger partial charge on any atom is 0.127 e. The Bertz CT molecular complexity index is 534. The molecule has 3 heteroatoms. The van der Waals surface area contributed by atoms with E-state index in [1.165, 1.54) is 18.4 Å². The molecule has 0 amide bonds. The molecule has 0 radical (unpaired) electrons. The second kappa shape index (κ2) is 7.77. The lowest BCUT2D eigenvalue weighted by Gasteiger charge is -2.23. The first-order valence-corrected chi connectivity index (χ1v) is 9.21. The summed E-state index contributed by atoms with van der Waals surface area (Å²) in [6.45, 7) is 11.6. The average molecular weight is 335 g/mol. The fraction of sp³-hybridized carbons (Fsp3) is 0.714. The Morgan fingerprint density at radius 2 is 2.00 bits per heavy atom. The van der Waals surface area contributed by atoms with Gasteiger partial charge in [-0.15, -0.1) is 0 Å². The van der Waals surface area contributed by atoms with Gasteiger partial charge in [0.1, 0.15) is 17.1 Å². The smallest absolute Gasteiger partial charge is 0.127 e. The van der Waals surface area contributed by atoms with Crippen molar-refractivity contribution in [3.05, 3.63) is 23.8 Å². The zero-order valence-electron chi connectivity index (χ0n) is 16.3. The third-order valence-corrected chi connectivity index (χ3v) is 4.95. The van der Waals surface area contributed by atoms with Gasteiger partial charge in [-0.2, -0.15) is 0 Å². The highest BCUT2D eigenvalue weighted by atomic mass is 16.5. The van der Waals surface area contributed by atoms with Crippen molar-refractivity contribution in [1.82, 2.24) is 0 Å². The summed E-state index contributed by atoms with van der Waals surface area (Å²) in [6, 6.07) is 6.24. The van der Waals surface area contributed by atoms with Crippen molar-refractivity contribution in [1.29, 1.82) is 0 Å². The molecule has 0 aromatic heterocycles. The van der Waals surface area contributed by atoms with Crippen molar-refractivity contribution in [3.63, 3.8) is 0 Å². The topological polar surface area (TPSA) is 27.7 Å². The first-order chi connectivity index (χ1) is 11.2. The van der Waals surface area contributed by atoms with Gasteiger partial charge < -0.3 is 14.2 Å². The van der Waals surface area contributed by atoms with Crippen LogP contribution in [0.3, 0.4) is 0 Å². The molecule has 24 heavy (non-hydrogen) atoms. The Balaban J connectivity index is 1.69. The third-order valence-electron chi connectivity index (χ3n) is 4.95. The Hall–Kier alpha value is -1.22. The molecule has 0 aliphatic carbocycles. The summed E-state index contributed by atoms with van der Waals surface area (Å²) in [7, 11) is 1.79. The molecule has 1 atom stereocenters. The number of fused-ring (bicyclic) bond motifs is 1. The van der Waals surface area contributed by atoms with Crippen molar-refractivity contribution < 1.29 is 14.2 Å². The minimum absolute atomic E-state index is 0.00554. The summed E-state index contributed by atoms with van der Waals surface area (Å²) in [5.41, 5.74) is 1.18. The van der Waals surface area contributed by atoms with Gasteiger partial charge in [-0.3, -0.25) is 0 Å². The molecule has 0 bridgehead atoms. The van der Waals surface area contributed by atoms with Crippen LogP contribution in [-0.2, 0) is 11.2 Å². The Labute approximate surface area is 147 Å². The molecule has 0 saturated heterocycles. The van der Waals surface area contributed by atoms with E-state index in [0.717, 1.165) is 37.4 Å². The standard InChI is InChI=1S/C21H34O3/c1-16(8-7-12-20(2,3)22-6)11-13-23-18-10-9-17-15-21(4,5)24-19(17)14-18/h9-10,14,16H,7-8,11-13,15H2,1-6H3. The van der Waals surface area contributed by atoms with Crippen LogP contribution in [0.1, 0.15) is 65.9 Å². The molecule has 2 rings (SSSR count). The zero-order chi connectivity index (χ0) is 17.8. The first-order valence-electron chi connectivity index (χ1n) is 9.21. The predicted octanol–water partition coefficient (Wildman–Crippen LogP) is 5.40. The summed E-state index contributed by atoms with van der Waals surface area (Å²) in [5, 5.41) is 0. The van der Waals surface area contributed by atoms with Gasteiger partial charge in [-0.25, -0.2) is 0 Å². The normalized spacial score (nSPS) is 17.2. The van der Waals surface area contributed by atoms with Gasteiger partial charge in [-0.05, 0) is 58.1 Å². The average Bonchev–Trinajstić information content (AvgIpc) is 2.80. The maximum atomic E-state index is 5.97. The molecule has 1 aromatic carbocycles. The van der Waals surface area contributed by atoms with Crippen LogP contribution in [0.4, 0.5) is 0 Å². The highest BCUT2D eigenvalue weighted by molar-refractivity contribution is 5.44. The van der Waals surface area contributed by atoms with E-state index in [4.69, 9.17) is 14.2 Å². The predicted molar refractivity (Wildman–Crippen MR) is 99.1 cm³/mol. The molecule has 0 spiro atoms. The lowest BCUT2D eigenvalue weighted by atomic mass is 9.95. The monoisotopic (exact) mass is 334 g/mol. The zero-order valence-corrected chi connectivity index (χ0v) is 16.3. The van der Waals surface area contributed by atoms with Gasteiger partial charge in [0.25, 0.3) is 0 Å². The fourth-order valence-corrected chi connectivity index (χ4v) is 3.16. The van der Waals surface area contributed by atoms with Gasteiger partial charge >= 0.3 is 0 Å². The van der Waals surface area contributed by atoms with Gasteiger partial charge in [-0.1, -0.05) is 25.8 Å². The van der Waals surface area contributed by atoms with E-state index >= 15 is 0 Å². The fourth-order valence-electron chi connectivity index (χ4n) is 3.16. The molecule has 0 N–H and O–H groups in total. The van der Waals surface area contributed by atoms with E-state index in [1.54, 1.807) is 7.11 Å². The summed E-state index contributed by atoms with van der Waals surface area (Å²) >= 11 is 0. The third kappa shape index (κ3) is 5.70. The second-order valence-electron chi connectivity index (χ2n) is 8.41. The van der Waals surface area contributed by atoms with E-state index in [-0.39, 0.29) is 11.2 Å². The molecule has 1 aromatic rings. The van der Waals surface area contributed by atoms with E-state index in [1.807, 2.05) is 6.07 Å². The minimum Gasteiger partial charge on any atom is -0.493 e. The van der Waals surface area contributed by atoms with Gasteiger partial charge in [0, 0.05) is 19.6 Å². The number of ether oxygens (including phenoxy) is 3. The van der Waals surface area contributed by atoms with Crippen molar-refractivity contribution >= 4 is 0 Å². The van der Waals surface area contributed by atoms with Crippen molar-refractivity contribution in [2.45, 2.75) is 77.9 Å². The summed E-state index contributed by atoms with van der Waals surface area (Å²) in [4.78, 5) is 0. The number of hydrogen-bond acceptors (Lipinski definition) is 3. The van der Waals surface area contributed by atoms with E-state index in [2.05, 4.69) is 46.8 Å². The van der Waals surface area contributed by atoms with E-state index < -0.39 is 0 Å². The molecule has 1 unspecified atom stereocenters. The molecule has 1 aliphatic heterocycles. The van der Waals surface area contributed by atoms with Crippen LogP contribution in [0.2, 0.25) is 0 Å². The summed E-state index contributed by atoms with van der Waals surface area (Å²) in [6.07, 6.45) is 5.57. The van der Waals surface area contributed by atoms with Crippen LogP contribution in [0, 0.1) is 5.92 Å². The van der Waals surface area contributed by atoms with Crippen LogP contribution < -0.4 is 9.47 Å². The summed E-state index contributed by atoms with van der Waals surface area (Å²) in [5.74, 6) is 2.56. The Morgan fingerprint density at radius 1 is 1.25 bits per heavy atom. The molecule has 136 valence electrons. The van der Waals surface area contributed by atoms with Crippen LogP contribution in [-0.4, -0.2) is 24.9 Å². The van der Waals surface area contributed by atoms with Gasteiger partial charge in [0.2, 0.25) is 0 Å². The molecular formula is C21H34O3. The largest absolute Gasteiger partial charge is 0.493 e. The van der Waals surface area contributed by atoms with E-state index in [9.17, 15) is 0 Å². The molecule has 1 heterocycles. The van der Waals surface area contributed by atoms with Crippen molar-refractivity contribution in [2.75, 3.05) is 13.7 Å². The lowest BCUT2D eigenvalue weighted by molar-refractivity contribution is 0.0126. The molecular weight excluding hydrogens is 300 g/mol. The quantitative estimate of drug-likeness (QED) is 0.605. The van der Waals surface area contributed by atoms with E-state index in [0.29, 0.717) is 5.92 Å². The van der Waals surface area contributed by atoms with Crippen molar-refractivity contribution in [3.8, 4) is 11.5 Å². The van der Waals surface area contributed by atoms with Crippen LogP contribution in [0.25, 0.3) is 0 Å². The molecule has 1 aliphatic rings. The SMILES string of the molecule is COC(C)(C)CCCC(C)CCOc1ccc2c(c1)OC(C)(C)C2. The first kappa shape index (κ1) is 19.1. The second-order valence-corrected chi connectivity index (χ2v) is 8.41. The molecule has 3 nitrogen and oxygen atoms in total. The maximum absolute atomic E-state index is 5.97. The molecule has 0 saturated carbocycles.